The third kappa shape index (κ3) is 4.21. The summed E-state index contributed by atoms with van der Waals surface area (Å²) in [6.07, 6.45) is 3.77. The molecule has 0 saturated heterocycles. The predicted octanol–water partition coefficient (Wildman–Crippen LogP) is 4.08. The van der Waals surface area contributed by atoms with Crippen molar-refractivity contribution in [3.8, 4) is 5.75 Å². The lowest BCUT2D eigenvalue weighted by Crippen LogP contribution is -2.43. The van der Waals surface area contributed by atoms with Crippen LogP contribution in [0.3, 0.4) is 0 Å². The van der Waals surface area contributed by atoms with E-state index in [1.807, 2.05) is 0 Å². The lowest BCUT2D eigenvalue weighted by molar-refractivity contribution is -0.0560. The molecule has 3 nitrogen and oxygen atoms in total. The van der Waals surface area contributed by atoms with Crippen molar-refractivity contribution < 1.29 is 9.47 Å². The van der Waals surface area contributed by atoms with Crippen LogP contribution < -0.4 is 10.1 Å². The van der Waals surface area contributed by atoms with E-state index in [1.165, 1.54) is 18.4 Å². The Kier molecular flexibility index (Phi) is 5.65. The van der Waals surface area contributed by atoms with Gasteiger partial charge in [0.1, 0.15) is 5.75 Å². The van der Waals surface area contributed by atoms with Gasteiger partial charge in [0.25, 0.3) is 0 Å². The van der Waals surface area contributed by atoms with E-state index < -0.39 is 0 Å². The quantitative estimate of drug-likeness (QED) is 0.743. The summed E-state index contributed by atoms with van der Waals surface area (Å²) < 4.78 is 12.0. The Morgan fingerprint density at radius 3 is 2.62 bits per heavy atom. The molecule has 21 heavy (non-hydrogen) atoms. The Bertz CT molecular complexity index is 445. The van der Waals surface area contributed by atoms with E-state index in [-0.39, 0.29) is 11.6 Å². The highest BCUT2D eigenvalue weighted by molar-refractivity contribution is 5.32. The molecule has 1 aliphatic rings. The van der Waals surface area contributed by atoms with Gasteiger partial charge in [0.05, 0.1) is 17.7 Å². The van der Waals surface area contributed by atoms with E-state index in [2.05, 4.69) is 57.3 Å². The number of hydrogen-bond acceptors (Lipinski definition) is 3. The Labute approximate surface area is 129 Å². The third-order valence-electron chi connectivity index (χ3n) is 4.21. The van der Waals surface area contributed by atoms with Crippen LogP contribution in [0.1, 0.15) is 58.6 Å². The minimum atomic E-state index is -0.205. The second-order valence-electron chi connectivity index (χ2n) is 5.98. The van der Waals surface area contributed by atoms with Gasteiger partial charge < -0.3 is 14.8 Å². The van der Waals surface area contributed by atoms with Crippen molar-refractivity contribution in [2.45, 2.75) is 64.7 Å². The van der Waals surface area contributed by atoms with Crippen LogP contribution in [0.5, 0.6) is 5.75 Å². The molecule has 1 fully saturated rings. The molecule has 2 rings (SSSR count). The molecule has 1 N–H and O–H groups in total. The van der Waals surface area contributed by atoms with Crippen molar-refractivity contribution >= 4 is 0 Å². The Morgan fingerprint density at radius 2 is 2.05 bits per heavy atom. The molecule has 0 aliphatic heterocycles. The second kappa shape index (κ2) is 7.28. The Balaban J connectivity index is 2.23. The van der Waals surface area contributed by atoms with E-state index in [9.17, 15) is 0 Å². The maximum atomic E-state index is 6.08. The average molecular weight is 291 g/mol. The maximum absolute atomic E-state index is 6.08. The zero-order chi connectivity index (χ0) is 15.3. The van der Waals surface area contributed by atoms with Crippen LogP contribution >= 0.6 is 0 Å². The molecule has 1 saturated carbocycles. The Hall–Kier alpha value is -1.06. The summed E-state index contributed by atoms with van der Waals surface area (Å²) in [4.78, 5) is 0. The Morgan fingerprint density at radius 1 is 1.29 bits per heavy atom. The van der Waals surface area contributed by atoms with E-state index >= 15 is 0 Å². The van der Waals surface area contributed by atoms with Gasteiger partial charge in [0.2, 0.25) is 0 Å². The second-order valence-corrected chi connectivity index (χ2v) is 5.98. The van der Waals surface area contributed by atoms with Crippen LogP contribution in [0, 0.1) is 0 Å². The fourth-order valence-corrected chi connectivity index (χ4v) is 2.76. The molecule has 2 atom stereocenters. The minimum Gasteiger partial charge on any atom is -0.490 e. The van der Waals surface area contributed by atoms with Crippen molar-refractivity contribution in [1.29, 1.82) is 0 Å². The van der Waals surface area contributed by atoms with E-state index in [4.69, 9.17) is 9.47 Å². The van der Waals surface area contributed by atoms with Crippen LogP contribution in [0.25, 0.3) is 0 Å². The molecule has 0 bridgehead atoms. The number of nitrogens with one attached hydrogen (secondary N) is 1. The molecule has 2 unspecified atom stereocenters. The van der Waals surface area contributed by atoms with Crippen molar-refractivity contribution in [2.75, 3.05) is 13.2 Å². The molecule has 1 aromatic rings. The van der Waals surface area contributed by atoms with Crippen molar-refractivity contribution in [3.05, 3.63) is 29.8 Å². The monoisotopic (exact) mass is 291 g/mol. The van der Waals surface area contributed by atoms with Gasteiger partial charge in [-0.25, -0.2) is 0 Å². The standard InChI is InChI=1S/C18H29NO2/c1-5-18(4,20-7-3)17(19-6-2)14-9-8-10-16(13-14)21-15-11-12-15/h8-10,13,15,17,19H,5-7,11-12H2,1-4H3. The fourth-order valence-electron chi connectivity index (χ4n) is 2.76. The molecular formula is C18H29NO2. The number of ether oxygens (including phenoxy) is 2. The number of rotatable bonds is 9. The van der Waals surface area contributed by atoms with Crippen LogP contribution in [0.2, 0.25) is 0 Å². The van der Waals surface area contributed by atoms with E-state index in [0.717, 1.165) is 25.3 Å². The molecule has 0 amide bonds. The first-order chi connectivity index (χ1) is 10.1. The first-order valence-corrected chi connectivity index (χ1v) is 8.26. The highest BCUT2D eigenvalue weighted by Crippen LogP contribution is 2.35. The van der Waals surface area contributed by atoms with E-state index in [0.29, 0.717) is 6.10 Å². The molecule has 1 aliphatic carbocycles. The van der Waals surface area contributed by atoms with Gasteiger partial charge >= 0.3 is 0 Å². The van der Waals surface area contributed by atoms with E-state index in [1.54, 1.807) is 0 Å². The van der Waals surface area contributed by atoms with Gasteiger partial charge in [0.15, 0.2) is 0 Å². The number of likely N-dealkylation sites (N-methyl/N-ethyl adjacent to an activating group) is 1. The molecule has 0 heterocycles. The van der Waals surface area contributed by atoms with Gasteiger partial charge in [-0.05, 0) is 57.4 Å². The average Bonchev–Trinajstić information content (AvgIpc) is 3.29. The number of benzene rings is 1. The van der Waals surface area contributed by atoms with Gasteiger partial charge in [0, 0.05) is 6.61 Å². The summed E-state index contributed by atoms with van der Waals surface area (Å²) in [5.41, 5.74) is 1.04. The van der Waals surface area contributed by atoms with Crippen LogP contribution in [-0.4, -0.2) is 24.9 Å². The smallest absolute Gasteiger partial charge is 0.120 e. The lowest BCUT2D eigenvalue weighted by atomic mass is 9.87. The molecular weight excluding hydrogens is 262 g/mol. The highest BCUT2D eigenvalue weighted by Gasteiger charge is 2.34. The first kappa shape index (κ1) is 16.3. The largest absolute Gasteiger partial charge is 0.490 e. The first-order valence-electron chi connectivity index (χ1n) is 8.26. The van der Waals surface area contributed by atoms with Crippen molar-refractivity contribution in [3.63, 3.8) is 0 Å². The lowest BCUT2D eigenvalue weighted by Gasteiger charge is -2.37. The number of hydrogen-bond donors (Lipinski definition) is 1. The van der Waals surface area contributed by atoms with Gasteiger partial charge in [-0.15, -0.1) is 0 Å². The normalized spacial score (nSPS) is 19.0. The summed E-state index contributed by atoms with van der Waals surface area (Å²) in [5.74, 6) is 0.979. The summed E-state index contributed by atoms with van der Waals surface area (Å²) in [5, 5.41) is 3.59. The molecule has 0 aromatic heterocycles. The maximum Gasteiger partial charge on any atom is 0.120 e. The topological polar surface area (TPSA) is 30.5 Å². The van der Waals surface area contributed by atoms with Crippen LogP contribution in [0.4, 0.5) is 0 Å². The summed E-state index contributed by atoms with van der Waals surface area (Å²) in [6, 6.07) is 8.64. The molecule has 118 valence electrons. The van der Waals surface area contributed by atoms with Crippen molar-refractivity contribution in [1.82, 2.24) is 5.32 Å². The van der Waals surface area contributed by atoms with Crippen molar-refractivity contribution in [2.24, 2.45) is 0 Å². The minimum absolute atomic E-state index is 0.176. The van der Waals surface area contributed by atoms with Crippen LogP contribution in [0.15, 0.2) is 24.3 Å². The molecule has 3 heteroatoms. The summed E-state index contributed by atoms with van der Waals surface area (Å²) in [7, 11) is 0. The highest BCUT2D eigenvalue weighted by atomic mass is 16.5. The predicted molar refractivity (Wildman–Crippen MR) is 86.8 cm³/mol. The zero-order valence-corrected chi connectivity index (χ0v) is 13.8. The molecule has 1 aromatic carbocycles. The molecule has 0 radical (unpaired) electrons. The van der Waals surface area contributed by atoms with Gasteiger partial charge in [-0.3, -0.25) is 0 Å². The summed E-state index contributed by atoms with van der Waals surface area (Å²) >= 11 is 0. The van der Waals surface area contributed by atoms with Gasteiger partial charge in [-0.1, -0.05) is 26.0 Å². The summed E-state index contributed by atoms with van der Waals surface area (Å²) in [6.45, 7) is 10.2. The van der Waals surface area contributed by atoms with Crippen LogP contribution in [-0.2, 0) is 4.74 Å². The fraction of sp³-hybridized carbons (Fsp3) is 0.667. The van der Waals surface area contributed by atoms with Gasteiger partial charge in [-0.2, -0.15) is 0 Å². The third-order valence-corrected chi connectivity index (χ3v) is 4.21. The molecule has 0 spiro atoms. The zero-order valence-electron chi connectivity index (χ0n) is 13.8. The SMILES string of the molecule is CCNC(c1cccc(OC2CC2)c1)C(C)(CC)OCC.